The summed E-state index contributed by atoms with van der Waals surface area (Å²) in [5, 5.41) is 3.12. The number of esters is 1. The number of hydrogen-bond donors (Lipinski definition) is 2. The fourth-order valence-corrected chi connectivity index (χ4v) is 1.72. The van der Waals surface area contributed by atoms with Crippen molar-refractivity contribution in [1.82, 2.24) is 4.98 Å². The van der Waals surface area contributed by atoms with Gasteiger partial charge in [0, 0.05) is 19.8 Å². The van der Waals surface area contributed by atoms with Gasteiger partial charge in [-0.1, -0.05) is 13.3 Å². The number of aromatic nitrogens is 1. The Labute approximate surface area is 126 Å². The molecular weight excluding hydrogens is 270 g/mol. The van der Waals surface area contributed by atoms with E-state index in [0.717, 1.165) is 25.9 Å². The molecule has 0 aromatic carbocycles. The van der Waals surface area contributed by atoms with Crippen molar-refractivity contribution < 1.29 is 14.3 Å². The van der Waals surface area contributed by atoms with E-state index in [2.05, 4.69) is 17.2 Å². The van der Waals surface area contributed by atoms with Crippen LogP contribution in [-0.4, -0.2) is 37.3 Å². The first kappa shape index (κ1) is 17.2. The quantitative estimate of drug-likeness (QED) is 0.509. The van der Waals surface area contributed by atoms with Crippen molar-refractivity contribution in [2.24, 2.45) is 0 Å². The minimum atomic E-state index is -0.418. The summed E-state index contributed by atoms with van der Waals surface area (Å²) < 4.78 is 10.5. The van der Waals surface area contributed by atoms with Gasteiger partial charge in [-0.3, -0.25) is 0 Å². The van der Waals surface area contributed by atoms with Crippen molar-refractivity contribution >= 4 is 17.5 Å². The predicted octanol–water partition coefficient (Wildman–Crippen LogP) is 2.46. The summed E-state index contributed by atoms with van der Waals surface area (Å²) in [5.74, 6) is 0.0789. The third-order valence-corrected chi connectivity index (χ3v) is 2.80. The highest BCUT2D eigenvalue weighted by Gasteiger charge is 2.14. The van der Waals surface area contributed by atoms with Crippen LogP contribution in [-0.2, 0) is 9.47 Å². The zero-order valence-corrected chi connectivity index (χ0v) is 12.9. The molecule has 0 amide bonds. The van der Waals surface area contributed by atoms with Crippen LogP contribution in [0, 0.1) is 0 Å². The molecule has 1 aromatic rings. The number of carbonyl (C=O) groups excluding carboxylic acids is 1. The molecule has 3 N–H and O–H groups in total. The predicted molar refractivity (Wildman–Crippen MR) is 83.4 cm³/mol. The first-order chi connectivity index (χ1) is 10.2. The molecule has 6 heteroatoms. The van der Waals surface area contributed by atoms with Gasteiger partial charge in [0.15, 0.2) is 0 Å². The molecule has 0 saturated heterocycles. The fraction of sp³-hybridized carbons (Fsp3) is 0.600. The third-order valence-electron chi connectivity index (χ3n) is 2.80. The summed E-state index contributed by atoms with van der Waals surface area (Å²) >= 11 is 0. The molecule has 0 aliphatic carbocycles. The van der Waals surface area contributed by atoms with E-state index in [0.29, 0.717) is 36.8 Å². The van der Waals surface area contributed by atoms with E-state index in [9.17, 15) is 4.79 Å². The molecule has 1 aromatic heterocycles. The van der Waals surface area contributed by atoms with Crippen molar-refractivity contribution in [2.75, 3.05) is 37.4 Å². The number of hydrogen-bond acceptors (Lipinski definition) is 6. The second-order valence-electron chi connectivity index (χ2n) is 4.63. The van der Waals surface area contributed by atoms with Crippen LogP contribution in [0.5, 0.6) is 0 Å². The molecule has 0 saturated carbocycles. The number of ether oxygens (including phenoxy) is 2. The van der Waals surface area contributed by atoms with E-state index in [-0.39, 0.29) is 0 Å². The number of pyridine rings is 1. The van der Waals surface area contributed by atoms with E-state index in [1.807, 2.05) is 0 Å². The molecule has 118 valence electrons. The molecule has 0 aliphatic heterocycles. The first-order valence-corrected chi connectivity index (χ1v) is 7.43. The molecular formula is C15H25N3O3. The Morgan fingerprint density at radius 3 is 2.81 bits per heavy atom. The first-order valence-electron chi connectivity index (χ1n) is 7.43. The average molecular weight is 295 g/mol. The highest BCUT2D eigenvalue weighted by Crippen LogP contribution is 2.16. The maximum atomic E-state index is 11.8. The smallest absolute Gasteiger partial charge is 0.341 e. The number of nitrogens with zero attached hydrogens (tertiary/aromatic N) is 1. The molecule has 0 aliphatic rings. The average Bonchev–Trinajstić information content (AvgIpc) is 2.47. The zero-order chi connectivity index (χ0) is 15.5. The lowest BCUT2D eigenvalue weighted by atomic mass is 10.2. The van der Waals surface area contributed by atoms with Crippen molar-refractivity contribution in [3.8, 4) is 0 Å². The zero-order valence-electron chi connectivity index (χ0n) is 12.9. The SMILES string of the molecule is CCCCOCCCNc1ncc(N)cc1C(=O)OCC. The molecule has 0 spiro atoms. The maximum absolute atomic E-state index is 11.8. The van der Waals surface area contributed by atoms with E-state index < -0.39 is 5.97 Å². The summed E-state index contributed by atoms with van der Waals surface area (Å²) in [5.41, 5.74) is 6.47. The maximum Gasteiger partial charge on any atom is 0.341 e. The minimum absolute atomic E-state index is 0.318. The molecule has 0 unspecified atom stereocenters. The second-order valence-corrected chi connectivity index (χ2v) is 4.63. The van der Waals surface area contributed by atoms with Crippen molar-refractivity contribution in [2.45, 2.75) is 33.1 Å². The molecule has 1 heterocycles. The summed E-state index contributed by atoms with van der Waals surface area (Å²) in [6.07, 6.45) is 4.58. The minimum Gasteiger partial charge on any atom is -0.462 e. The largest absolute Gasteiger partial charge is 0.462 e. The molecule has 0 atom stereocenters. The molecule has 6 nitrogen and oxygen atoms in total. The molecule has 0 radical (unpaired) electrons. The molecule has 21 heavy (non-hydrogen) atoms. The monoisotopic (exact) mass is 295 g/mol. The van der Waals surface area contributed by atoms with Gasteiger partial charge >= 0.3 is 5.97 Å². The number of nitrogens with two attached hydrogens (primary N) is 1. The lowest BCUT2D eigenvalue weighted by Crippen LogP contribution is -2.14. The van der Waals surface area contributed by atoms with Gasteiger partial charge < -0.3 is 20.5 Å². The number of carbonyl (C=O) groups is 1. The van der Waals surface area contributed by atoms with Gasteiger partial charge in [0.25, 0.3) is 0 Å². The molecule has 0 fully saturated rings. The van der Waals surface area contributed by atoms with Crippen LogP contribution in [0.3, 0.4) is 0 Å². The standard InChI is InChI=1S/C15H25N3O3/c1-3-5-8-20-9-6-7-17-14-13(15(19)21-4-2)10-12(16)11-18-14/h10-11H,3-9,16H2,1-2H3,(H,17,18). The van der Waals surface area contributed by atoms with Gasteiger partial charge in [0.2, 0.25) is 0 Å². The Morgan fingerprint density at radius 2 is 2.10 bits per heavy atom. The number of nitrogen functional groups attached to an aromatic ring is 1. The van der Waals surface area contributed by atoms with Crippen LogP contribution in [0.4, 0.5) is 11.5 Å². The van der Waals surface area contributed by atoms with E-state index in [4.69, 9.17) is 15.2 Å². The van der Waals surface area contributed by atoms with Gasteiger partial charge in [-0.2, -0.15) is 0 Å². The highest BCUT2D eigenvalue weighted by atomic mass is 16.5. The molecule has 0 bridgehead atoms. The van der Waals surface area contributed by atoms with E-state index in [1.165, 1.54) is 6.20 Å². The van der Waals surface area contributed by atoms with Gasteiger partial charge in [-0.25, -0.2) is 9.78 Å². The van der Waals surface area contributed by atoms with Crippen molar-refractivity contribution in [3.63, 3.8) is 0 Å². The van der Waals surface area contributed by atoms with E-state index >= 15 is 0 Å². The van der Waals surface area contributed by atoms with Gasteiger partial charge in [0.1, 0.15) is 11.4 Å². The van der Waals surface area contributed by atoms with Crippen LogP contribution >= 0.6 is 0 Å². The van der Waals surface area contributed by atoms with Crippen LogP contribution in [0.1, 0.15) is 43.5 Å². The van der Waals surface area contributed by atoms with Gasteiger partial charge in [0.05, 0.1) is 18.5 Å². The van der Waals surface area contributed by atoms with Gasteiger partial charge in [-0.05, 0) is 25.8 Å². The lowest BCUT2D eigenvalue weighted by molar-refractivity contribution is 0.0527. The second kappa shape index (κ2) is 9.99. The normalized spacial score (nSPS) is 10.4. The summed E-state index contributed by atoms with van der Waals surface area (Å²) in [7, 11) is 0. The number of nitrogens with one attached hydrogen (secondary N) is 1. The van der Waals surface area contributed by atoms with Crippen LogP contribution in [0.2, 0.25) is 0 Å². The Kier molecular flexibility index (Phi) is 8.19. The summed E-state index contributed by atoms with van der Waals surface area (Å²) in [4.78, 5) is 16.0. The van der Waals surface area contributed by atoms with Crippen LogP contribution < -0.4 is 11.1 Å². The van der Waals surface area contributed by atoms with Crippen molar-refractivity contribution in [1.29, 1.82) is 0 Å². The lowest BCUT2D eigenvalue weighted by Gasteiger charge is -2.11. The number of anilines is 2. The highest BCUT2D eigenvalue weighted by molar-refractivity contribution is 5.95. The molecule has 1 rings (SSSR count). The number of rotatable bonds is 10. The number of unbranched alkanes of at least 4 members (excludes halogenated alkanes) is 1. The van der Waals surface area contributed by atoms with E-state index in [1.54, 1.807) is 13.0 Å². The Bertz CT molecular complexity index is 438. The summed E-state index contributed by atoms with van der Waals surface area (Å²) in [6, 6.07) is 1.57. The van der Waals surface area contributed by atoms with Crippen LogP contribution in [0.15, 0.2) is 12.3 Å². The topological polar surface area (TPSA) is 86.5 Å². The third kappa shape index (κ3) is 6.44. The van der Waals surface area contributed by atoms with Crippen LogP contribution in [0.25, 0.3) is 0 Å². The fourth-order valence-electron chi connectivity index (χ4n) is 1.72. The summed E-state index contributed by atoms with van der Waals surface area (Å²) in [6.45, 7) is 6.38. The van der Waals surface area contributed by atoms with Gasteiger partial charge in [-0.15, -0.1) is 0 Å². The Balaban J connectivity index is 2.45. The van der Waals surface area contributed by atoms with Crippen molar-refractivity contribution in [3.05, 3.63) is 17.8 Å². The Morgan fingerprint density at radius 1 is 1.33 bits per heavy atom. The Hall–Kier alpha value is -1.82.